The van der Waals surface area contributed by atoms with Crippen LogP contribution >= 0.6 is 0 Å². The Hall–Kier alpha value is -1.80. The third-order valence-corrected chi connectivity index (χ3v) is 2.09. The molecule has 8 heteroatoms. The molecule has 0 radical (unpaired) electrons. The Morgan fingerprint density at radius 1 is 1.50 bits per heavy atom. The highest BCUT2D eigenvalue weighted by atomic mass is 16.6. The highest BCUT2D eigenvalue weighted by Gasteiger charge is 2.32. The lowest BCUT2D eigenvalue weighted by Crippen LogP contribution is -2.36. The standard InChI is InChI=1S/C8H11N3O5/c1-2-15-3-11-5-4(16-8(11)14)6(12)10-7(13)9-5/h8,14H,2-3H2,1H3,(H2,9,10,12,13). The molecule has 1 atom stereocenters. The second-order valence-electron chi connectivity index (χ2n) is 3.12. The highest BCUT2D eigenvalue weighted by molar-refractivity contribution is 5.54. The van der Waals surface area contributed by atoms with Crippen LogP contribution in [0.2, 0.25) is 0 Å². The number of aromatic amines is 2. The molecule has 2 heterocycles. The molecule has 88 valence electrons. The number of nitrogens with zero attached hydrogens (tertiary/aromatic N) is 1. The summed E-state index contributed by atoms with van der Waals surface area (Å²) in [6.07, 6.45) is -1.33. The zero-order valence-corrected chi connectivity index (χ0v) is 8.52. The molecule has 1 aromatic heterocycles. The van der Waals surface area contributed by atoms with Crippen molar-refractivity contribution in [1.29, 1.82) is 0 Å². The van der Waals surface area contributed by atoms with E-state index in [1.54, 1.807) is 6.92 Å². The minimum absolute atomic E-state index is 0.0179. The summed E-state index contributed by atoms with van der Waals surface area (Å²) in [6, 6.07) is 0. The normalized spacial score (nSPS) is 18.4. The predicted molar refractivity (Wildman–Crippen MR) is 53.3 cm³/mol. The molecule has 0 saturated heterocycles. The Bertz CT molecular complexity index is 493. The van der Waals surface area contributed by atoms with Crippen LogP contribution in [0, 0.1) is 0 Å². The Kier molecular flexibility index (Phi) is 2.67. The highest BCUT2D eigenvalue weighted by Crippen LogP contribution is 2.29. The van der Waals surface area contributed by atoms with Crippen molar-refractivity contribution in [3.63, 3.8) is 0 Å². The van der Waals surface area contributed by atoms with Gasteiger partial charge in [-0.15, -0.1) is 0 Å². The van der Waals surface area contributed by atoms with E-state index in [1.807, 2.05) is 4.98 Å². The molecule has 1 aromatic rings. The van der Waals surface area contributed by atoms with Gasteiger partial charge in [-0.25, -0.2) is 4.79 Å². The van der Waals surface area contributed by atoms with Crippen molar-refractivity contribution in [2.45, 2.75) is 13.3 Å². The fraction of sp³-hybridized carbons (Fsp3) is 0.500. The molecule has 0 aliphatic carbocycles. The molecule has 0 aromatic carbocycles. The third kappa shape index (κ3) is 1.68. The quantitative estimate of drug-likeness (QED) is 0.584. The molecular formula is C8H11N3O5. The first-order valence-corrected chi connectivity index (χ1v) is 4.69. The molecule has 8 nitrogen and oxygen atoms in total. The number of hydrogen-bond acceptors (Lipinski definition) is 6. The molecule has 0 amide bonds. The van der Waals surface area contributed by atoms with Crippen LogP contribution in [0.4, 0.5) is 5.82 Å². The van der Waals surface area contributed by atoms with Crippen LogP contribution in [-0.2, 0) is 4.74 Å². The van der Waals surface area contributed by atoms with Crippen LogP contribution in [0.1, 0.15) is 6.92 Å². The average Bonchev–Trinajstić information content (AvgIpc) is 2.53. The van der Waals surface area contributed by atoms with E-state index in [9.17, 15) is 14.7 Å². The van der Waals surface area contributed by atoms with Crippen LogP contribution in [0.3, 0.4) is 0 Å². The van der Waals surface area contributed by atoms with Gasteiger partial charge < -0.3 is 14.6 Å². The molecule has 0 saturated carbocycles. The zero-order chi connectivity index (χ0) is 11.7. The summed E-state index contributed by atoms with van der Waals surface area (Å²) in [5.74, 6) is 0.00139. The molecule has 0 fully saturated rings. The number of H-pyrrole nitrogens is 2. The largest absolute Gasteiger partial charge is 0.437 e. The minimum Gasteiger partial charge on any atom is -0.437 e. The summed E-state index contributed by atoms with van der Waals surface area (Å²) >= 11 is 0. The maximum absolute atomic E-state index is 11.3. The zero-order valence-electron chi connectivity index (χ0n) is 8.52. The van der Waals surface area contributed by atoms with Gasteiger partial charge in [0.1, 0.15) is 6.73 Å². The second kappa shape index (κ2) is 3.99. The monoisotopic (exact) mass is 229 g/mol. The van der Waals surface area contributed by atoms with Gasteiger partial charge in [-0.3, -0.25) is 19.7 Å². The number of aliphatic hydroxyl groups is 1. The number of anilines is 1. The molecular weight excluding hydrogens is 218 g/mol. The lowest BCUT2D eigenvalue weighted by Gasteiger charge is -2.19. The number of hydrogen-bond donors (Lipinski definition) is 3. The topological polar surface area (TPSA) is 108 Å². The summed E-state index contributed by atoms with van der Waals surface area (Å²) in [5, 5.41) is 9.50. The van der Waals surface area contributed by atoms with Gasteiger partial charge in [-0.05, 0) is 6.92 Å². The lowest BCUT2D eigenvalue weighted by molar-refractivity contribution is -0.0220. The van der Waals surface area contributed by atoms with Crippen molar-refractivity contribution < 1.29 is 14.6 Å². The first-order chi connectivity index (χ1) is 7.63. The average molecular weight is 229 g/mol. The fourth-order valence-electron chi connectivity index (χ4n) is 1.37. The Balaban J connectivity index is 2.40. The molecule has 2 rings (SSSR count). The SMILES string of the molecule is CCOCN1c2[nH]c(=O)[nH]c(=O)c2OC1O. The van der Waals surface area contributed by atoms with Gasteiger partial charge in [-0.1, -0.05) is 0 Å². The molecule has 1 aliphatic rings. The van der Waals surface area contributed by atoms with Crippen molar-refractivity contribution in [2.75, 3.05) is 18.2 Å². The fourth-order valence-corrected chi connectivity index (χ4v) is 1.37. The van der Waals surface area contributed by atoms with Gasteiger partial charge in [0, 0.05) is 6.61 Å². The summed E-state index contributed by atoms with van der Waals surface area (Å²) in [6.45, 7) is 2.24. The maximum atomic E-state index is 11.3. The van der Waals surface area contributed by atoms with Crippen LogP contribution in [0.5, 0.6) is 5.75 Å². The summed E-state index contributed by atoms with van der Waals surface area (Å²) in [4.78, 5) is 28.0. The maximum Gasteiger partial charge on any atom is 0.327 e. The Morgan fingerprint density at radius 3 is 2.94 bits per heavy atom. The lowest BCUT2D eigenvalue weighted by atomic mass is 10.5. The van der Waals surface area contributed by atoms with Crippen molar-refractivity contribution in [3.05, 3.63) is 20.8 Å². The molecule has 1 unspecified atom stereocenters. The smallest absolute Gasteiger partial charge is 0.327 e. The predicted octanol–water partition coefficient (Wildman–Crippen LogP) is -1.47. The van der Waals surface area contributed by atoms with E-state index in [0.717, 1.165) is 0 Å². The second-order valence-corrected chi connectivity index (χ2v) is 3.12. The number of nitrogens with one attached hydrogen (secondary N) is 2. The first kappa shape index (κ1) is 10.7. The van der Waals surface area contributed by atoms with E-state index in [4.69, 9.17) is 9.47 Å². The minimum atomic E-state index is -1.33. The van der Waals surface area contributed by atoms with E-state index in [0.29, 0.717) is 6.61 Å². The van der Waals surface area contributed by atoms with E-state index in [1.165, 1.54) is 4.90 Å². The van der Waals surface area contributed by atoms with Gasteiger partial charge in [-0.2, -0.15) is 0 Å². The van der Waals surface area contributed by atoms with Gasteiger partial charge in [0.05, 0.1) is 0 Å². The van der Waals surface area contributed by atoms with Crippen molar-refractivity contribution >= 4 is 5.82 Å². The van der Waals surface area contributed by atoms with Crippen LogP contribution in [-0.4, -0.2) is 34.8 Å². The van der Waals surface area contributed by atoms with E-state index >= 15 is 0 Å². The Labute approximate surface area is 89.4 Å². The summed E-state index contributed by atoms with van der Waals surface area (Å²) in [5.41, 5.74) is -1.35. The van der Waals surface area contributed by atoms with Gasteiger partial charge in [0.2, 0.25) is 5.75 Å². The van der Waals surface area contributed by atoms with E-state index in [2.05, 4.69) is 4.98 Å². The van der Waals surface area contributed by atoms with Gasteiger partial charge in [0.25, 0.3) is 12.0 Å². The van der Waals surface area contributed by atoms with E-state index in [-0.39, 0.29) is 18.3 Å². The van der Waals surface area contributed by atoms with Crippen molar-refractivity contribution in [3.8, 4) is 5.75 Å². The summed E-state index contributed by atoms with van der Waals surface area (Å²) < 4.78 is 9.97. The number of aliphatic hydroxyl groups excluding tert-OH is 1. The van der Waals surface area contributed by atoms with Gasteiger partial charge in [0.15, 0.2) is 5.82 Å². The van der Waals surface area contributed by atoms with Crippen LogP contribution < -0.4 is 20.9 Å². The van der Waals surface area contributed by atoms with Crippen molar-refractivity contribution in [1.82, 2.24) is 9.97 Å². The van der Waals surface area contributed by atoms with Gasteiger partial charge >= 0.3 is 5.69 Å². The third-order valence-electron chi connectivity index (χ3n) is 2.09. The Morgan fingerprint density at radius 2 is 2.25 bits per heavy atom. The van der Waals surface area contributed by atoms with Crippen LogP contribution in [0.15, 0.2) is 9.59 Å². The molecule has 3 N–H and O–H groups in total. The van der Waals surface area contributed by atoms with Crippen LogP contribution in [0.25, 0.3) is 0 Å². The first-order valence-electron chi connectivity index (χ1n) is 4.69. The number of aromatic nitrogens is 2. The number of rotatable bonds is 3. The summed E-state index contributed by atoms with van der Waals surface area (Å²) in [7, 11) is 0. The van der Waals surface area contributed by atoms with E-state index < -0.39 is 17.7 Å². The number of fused-ring (bicyclic) bond motifs is 1. The molecule has 1 aliphatic heterocycles. The molecule has 0 bridgehead atoms. The molecule has 16 heavy (non-hydrogen) atoms. The number of ether oxygens (including phenoxy) is 2. The molecule has 0 spiro atoms. The van der Waals surface area contributed by atoms with Crippen molar-refractivity contribution in [2.24, 2.45) is 0 Å².